The minimum Gasteiger partial charge on any atom is -0.269 e. The van der Waals surface area contributed by atoms with Crippen molar-refractivity contribution in [2.24, 2.45) is 0 Å². The van der Waals surface area contributed by atoms with Crippen LogP contribution in [0, 0.1) is 0 Å². The summed E-state index contributed by atoms with van der Waals surface area (Å²) in [5, 5.41) is 0. The molecular formula is C9H9NO2. The lowest BCUT2D eigenvalue weighted by molar-refractivity contribution is -0.134. The Balaban J connectivity index is 2.23. The first kappa shape index (κ1) is 7.28. The van der Waals surface area contributed by atoms with E-state index in [9.17, 15) is 9.59 Å². The Morgan fingerprint density at radius 2 is 1.83 bits per heavy atom. The lowest BCUT2D eigenvalue weighted by Crippen LogP contribution is -2.28. The lowest BCUT2D eigenvalue weighted by atomic mass is 10.3. The molecule has 1 heterocycles. The van der Waals surface area contributed by atoms with Crippen LogP contribution < -0.4 is 0 Å². The van der Waals surface area contributed by atoms with E-state index in [-0.39, 0.29) is 11.8 Å². The number of hydrogen-bond donors (Lipinski definition) is 0. The average molecular weight is 163 g/mol. The maximum atomic E-state index is 11.1. The topological polar surface area (TPSA) is 37.4 Å². The van der Waals surface area contributed by atoms with Crippen LogP contribution in [-0.4, -0.2) is 16.7 Å². The minimum atomic E-state index is -0.201. The monoisotopic (exact) mass is 163 g/mol. The number of imide groups is 1. The molecule has 2 aliphatic rings. The summed E-state index contributed by atoms with van der Waals surface area (Å²) < 4.78 is 0. The Hall–Kier alpha value is -1.38. The molecule has 0 saturated heterocycles. The van der Waals surface area contributed by atoms with Crippen LogP contribution in [0.2, 0.25) is 0 Å². The highest BCUT2D eigenvalue weighted by Gasteiger charge is 2.27. The van der Waals surface area contributed by atoms with Gasteiger partial charge in [0.15, 0.2) is 0 Å². The largest absolute Gasteiger partial charge is 0.269 e. The second kappa shape index (κ2) is 2.59. The molecule has 0 unspecified atom stereocenters. The summed E-state index contributed by atoms with van der Waals surface area (Å²) in [5.74, 6) is -0.402. The number of carbonyl (C=O) groups is 2. The second-order valence-electron chi connectivity index (χ2n) is 2.93. The van der Waals surface area contributed by atoms with E-state index in [4.69, 9.17) is 0 Å². The smallest absolute Gasteiger partial charge is 0.257 e. The van der Waals surface area contributed by atoms with Gasteiger partial charge in [0.25, 0.3) is 11.8 Å². The number of amides is 2. The Morgan fingerprint density at radius 1 is 1.17 bits per heavy atom. The molecule has 3 nitrogen and oxygen atoms in total. The Labute approximate surface area is 70.4 Å². The van der Waals surface area contributed by atoms with E-state index in [1.807, 2.05) is 6.08 Å². The molecule has 0 atom stereocenters. The van der Waals surface area contributed by atoms with Crippen molar-refractivity contribution in [2.75, 3.05) is 0 Å². The zero-order chi connectivity index (χ0) is 8.55. The summed E-state index contributed by atoms with van der Waals surface area (Å²) in [4.78, 5) is 23.6. The molecule has 2 rings (SSSR count). The van der Waals surface area contributed by atoms with Gasteiger partial charge < -0.3 is 0 Å². The van der Waals surface area contributed by atoms with E-state index in [1.165, 1.54) is 17.1 Å². The van der Waals surface area contributed by atoms with Gasteiger partial charge in [-0.25, -0.2) is 4.90 Å². The van der Waals surface area contributed by atoms with Gasteiger partial charge in [-0.15, -0.1) is 0 Å². The predicted molar refractivity (Wildman–Crippen MR) is 42.9 cm³/mol. The highest BCUT2D eigenvalue weighted by molar-refractivity contribution is 6.14. The molecule has 0 saturated carbocycles. The van der Waals surface area contributed by atoms with Crippen molar-refractivity contribution >= 4 is 11.8 Å². The molecule has 0 aromatic carbocycles. The predicted octanol–water partition coefficient (Wildman–Crippen LogP) is 0.979. The van der Waals surface area contributed by atoms with Crippen LogP contribution in [0.15, 0.2) is 23.9 Å². The van der Waals surface area contributed by atoms with Gasteiger partial charge >= 0.3 is 0 Å². The maximum absolute atomic E-state index is 11.1. The second-order valence-corrected chi connectivity index (χ2v) is 2.93. The van der Waals surface area contributed by atoms with E-state index in [0.29, 0.717) is 0 Å². The molecule has 0 aromatic heterocycles. The first-order valence-corrected chi connectivity index (χ1v) is 4.04. The number of rotatable bonds is 1. The first-order chi connectivity index (χ1) is 5.79. The third-order valence-corrected chi connectivity index (χ3v) is 2.11. The van der Waals surface area contributed by atoms with Gasteiger partial charge in [0.2, 0.25) is 0 Å². The quantitative estimate of drug-likeness (QED) is 0.540. The maximum Gasteiger partial charge on any atom is 0.257 e. The van der Waals surface area contributed by atoms with Gasteiger partial charge in [-0.2, -0.15) is 0 Å². The van der Waals surface area contributed by atoms with E-state index >= 15 is 0 Å². The summed E-state index contributed by atoms with van der Waals surface area (Å²) in [5.41, 5.74) is 0.870. The molecule has 0 N–H and O–H groups in total. The van der Waals surface area contributed by atoms with Gasteiger partial charge in [-0.1, -0.05) is 6.08 Å². The summed E-state index contributed by atoms with van der Waals surface area (Å²) in [6.07, 6.45) is 7.48. The van der Waals surface area contributed by atoms with Gasteiger partial charge in [0, 0.05) is 17.8 Å². The van der Waals surface area contributed by atoms with E-state index in [1.54, 1.807) is 0 Å². The molecule has 0 aromatic rings. The molecule has 0 fully saturated rings. The van der Waals surface area contributed by atoms with E-state index < -0.39 is 0 Å². The van der Waals surface area contributed by atoms with E-state index in [0.717, 1.165) is 25.0 Å². The number of carbonyl (C=O) groups excluding carboxylic acids is 2. The van der Waals surface area contributed by atoms with Gasteiger partial charge in [0.05, 0.1) is 0 Å². The first-order valence-electron chi connectivity index (χ1n) is 4.04. The summed E-state index contributed by atoms with van der Waals surface area (Å²) in [7, 11) is 0. The normalized spacial score (nSPS) is 22.3. The summed E-state index contributed by atoms with van der Waals surface area (Å²) >= 11 is 0. The van der Waals surface area contributed by atoms with Crippen molar-refractivity contribution in [1.82, 2.24) is 4.90 Å². The van der Waals surface area contributed by atoms with Crippen molar-refractivity contribution < 1.29 is 9.59 Å². The van der Waals surface area contributed by atoms with Crippen LogP contribution in [0.5, 0.6) is 0 Å². The van der Waals surface area contributed by atoms with Crippen LogP contribution >= 0.6 is 0 Å². The van der Waals surface area contributed by atoms with Crippen molar-refractivity contribution in [3.05, 3.63) is 23.9 Å². The third kappa shape index (κ3) is 0.978. The Morgan fingerprint density at radius 3 is 2.33 bits per heavy atom. The highest BCUT2D eigenvalue weighted by Crippen LogP contribution is 2.23. The number of nitrogens with zero attached hydrogens (tertiary/aromatic N) is 1. The van der Waals surface area contributed by atoms with Crippen LogP contribution in [0.3, 0.4) is 0 Å². The van der Waals surface area contributed by atoms with Gasteiger partial charge in [-0.05, 0) is 19.3 Å². The van der Waals surface area contributed by atoms with Crippen LogP contribution in [-0.2, 0) is 9.59 Å². The minimum absolute atomic E-state index is 0.201. The fraction of sp³-hybridized carbons (Fsp3) is 0.333. The molecule has 3 heteroatoms. The average Bonchev–Trinajstić information content (AvgIpc) is 2.61. The van der Waals surface area contributed by atoms with Gasteiger partial charge in [0.1, 0.15) is 0 Å². The number of allylic oxidation sites excluding steroid dienone is 2. The van der Waals surface area contributed by atoms with Gasteiger partial charge in [-0.3, -0.25) is 9.59 Å². The lowest BCUT2D eigenvalue weighted by Gasteiger charge is -2.14. The van der Waals surface area contributed by atoms with E-state index in [2.05, 4.69) is 0 Å². The van der Waals surface area contributed by atoms with Crippen molar-refractivity contribution in [3.8, 4) is 0 Å². The zero-order valence-corrected chi connectivity index (χ0v) is 6.62. The molecule has 62 valence electrons. The molecule has 12 heavy (non-hydrogen) atoms. The molecule has 1 aliphatic carbocycles. The SMILES string of the molecule is O=C1C=CC(=O)N1C1=CCCC1. The zero-order valence-electron chi connectivity index (χ0n) is 6.62. The molecule has 0 bridgehead atoms. The molecular weight excluding hydrogens is 154 g/mol. The number of hydrogen-bond acceptors (Lipinski definition) is 2. The third-order valence-electron chi connectivity index (χ3n) is 2.11. The van der Waals surface area contributed by atoms with Crippen molar-refractivity contribution in [1.29, 1.82) is 0 Å². The van der Waals surface area contributed by atoms with Crippen molar-refractivity contribution in [2.45, 2.75) is 19.3 Å². The van der Waals surface area contributed by atoms with Crippen LogP contribution in [0.25, 0.3) is 0 Å². The standard InChI is InChI=1S/C9H9NO2/c11-8-5-6-9(12)10(8)7-3-1-2-4-7/h3,5-6H,1-2,4H2. The fourth-order valence-corrected chi connectivity index (χ4v) is 1.54. The molecule has 0 spiro atoms. The Bertz CT molecular complexity index is 284. The van der Waals surface area contributed by atoms with Crippen LogP contribution in [0.1, 0.15) is 19.3 Å². The molecule has 2 amide bonds. The fourth-order valence-electron chi connectivity index (χ4n) is 1.54. The summed E-state index contributed by atoms with van der Waals surface area (Å²) in [6, 6.07) is 0. The molecule has 1 aliphatic heterocycles. The highest BCUT2D eigenvalue weighted by atomic mass is 16.2. The molecule has 0 radical (unpaired) electrons. The summed E-state index contributed by atoms with van der Waals surface area (Å²) in [6.45, 7) is 0. The van der Waals surface area contributed by atoms with Crippen LogP contribution in [0.4, 0.5) is 0 Å². The Kier molecular flexibility index (Phi) is 1.57. The van der Waals surface area contributed by atoms with Crippen molar-refractivity contribution in [3.63, 3.8) is 0 Å².